The Morgan fingerprint density at radius 3 is 2.90 bits per heavy atom. The van der Waals surface area contributed by atoms with Crippen molar-refractivity contribution in [3.63, 3.8) is 0 Å². The zero-order chi connectivity index (χ0) is 20.2. The predicted molar refractivity (Wildman–Crippen MR) is 117 cm³/mol. The lowest BCUT2D eigenvalue weighted by atomic mass is 10.1. The summed E-state index contributed by atoms with van der Waals surface area (Å²) in [5.41, 5.74) is 3.28. The molecule has 4 aromatic rings. The SMILES string of the molecule is Cc1cccc(-c2n[nH]c(=S)n2CC(=O)NCCCn2ccc3ccccc32)c1. The number of nitrogens with zero attached hydrogens (tertiary/aromatic N) is 3. The van der Waals surface area contributed by atoms with Crippen LogP contribution < -0.4 is 5.32 Å². The fourth-order valence-corrected chi connectivity index (χ4v) is 3.68. The monoisotopic (exact) mass is 405 g/mol. The first-order chi connectivity index (χ1) is 14.1. The van der Waals surface area contributed by atoms with E-state index >= 15 is 0 Å². The third-order valence-corrected chi connectivity index (χ3v) is 5.23. The van der Waals surface area contributed by atoms with Gasteiger partial charge in [-0.2, -0.15) is 5.10 Å². The van der Waals surface area contributed by atoms with Gasteiger partial charge in [-0.15, -0.1) is 0 Å². The molecule has 148 valence electrons. The third kappa shape index (κ3) is 4.30. The van der Waals surface area contributed by atoms with E-state index in [1.165, 1.54) is 10.9 Å². The molecule has 7 heteroatoms. The topological polar surface area (TPSA) is 67.6 Å². The molecule has 0 saturated carbocycles. The number of carbonyl (C=O) groups excluding carboxylic acids is 1. The number of aryl methyl sites for hydroxylation is 2. The minimum absolute atomic E-state index is 0.0752. The number of carbonyl (C=O) groups is 1. The molecule has 0 unspecified atom stereocenters. The molecule has 0 spiro atoms. The average molecular weight is 406 g/mol. The molecule has 0 fully saturated rings. The lowest BCUT2D eigenvalue weighted by molar-refractivity contribution is -0.121. The highest BCUT2D eigenvalue weighted by Crippen LogP contribution is 2.18. The molecule has 0 bridgehead atoms. The van der Waals surface area contributed by atoms with Gasteiger partial charge >= 0.3 is 0 Å². The Balaban J connectivity index is 1.35. The maximum absolute atomic E-state index is 12.5. The summed E-state index contributed by atoms with van der Waals surface area (Å²) in [4.78, 5) is 12.5. The van der Waals surface area contributed by atoms with Crippen LogP contribution in [0, 0.1) is 11.7 Å². The molecule has 0 radical (unpaired) electrons. The lowest BCUT2D eigenvalue weighted by Gasteiger charge is -2.09. The number of nitrogens with one attached hydrogen (secondary N) is 2. The van der Waals surface area contributed by atoms with E-state index in [1.807, 2.05) is 43.3 Å². The third-order valence-electron chi connectivity index (χ3n) is 4.91. The molecule has 0 aliphatic carbocycles. The molecule has 2 N–H and O–H groups in total. The zero-order valence-corrected chi connectivity index (χ0v) is 17.1. The molecular weight excluding hydrogens is 382 g/mol. The second kappa shape index (κ2) is 8.45. The Morgan fingerprint density at radius 2 is 2.03 bits per heavy atom. The van der Waals surface area contributed by atoms with E-state index < -0.39 is 0 Å². The van der Waals surface area contributed by atoms with Crippen LogP contribution in [0.4, 0.5) is 0 Å². The highest BCUT2D eigenvalue weighted by atomic mass is 32.1. The van der Waals surface area contributed by atoms with Gasteiger partial charge in [0.15, 0.2) is 10.6 Å². The van der Waals surface area contributed by atoms with Crippen LogP contribution in [-0.2, 0) is 17.9 Å². The van der Waals surface area contributed by atoms with Gasteiger partial charge in [-0.25, -0.2) is 0 Å². The van der Waals surface area contributed by atoms with Crippen molar-refractivity contribution in [2.75, 3.05) is 6.54 Å². The van der Waals surface area contributed by atoms with Crippen LogP contribution in [0.2, 0.25) is 0 Å². The van der Waals surface area contributed by atoms with Crippen molar-refractivity contribution in [1.82, 2.24) is 24.6 Å². The number of amides is 1. The van der Waals surface area contributed by atoms with Crippen LogP contribution in [-0.4, -0.2) is 31.8 Å². The number of para-hydroxylation sites is 1. The summed E-state index contributed by atoms with van der Waals surface area (Å²) in [6, 6.07) is 18.4. The summed E-state index contributed by atoms with van der Waals surface area (Å²) >= 11 is 5.32. The molecule has 2 aromatic carbocycles. The van der Waals surface area contributed by atoms with Crippen LogP contribution in [0.25, 0.3) is 22.3 Å². The van der Waals surface area contributed by atoms with E-state index in [-0.39, 0.29) is 12.5 Å². The summed E-state index contributed by atoms with van der Waals surface area (Å²) in [6.45, 7) is 3.63. The molecule has 1 amide bonds. The smallest absolute Gasteiger partial charge is 0.240 e. The second-order valence-corrected chi connectivity index (χ2v) is 7.47. The first kappa shape index (κ1) is 19.1. The highest BCUT2D eigenvalue weighted by Gasteiger charge is 2.12. The summed E-state index contributed by atoms with van der Waals surface area (Å²) in [5.74, 6) is 0.599. The number of benzene rings is 2. The van der Waals surface area contributed by atoms with Crippen molar-refractivity contribution >= 4 is 29.0 Å². The van der Waals surface area contributed by atoms with E-state index in [0.29, 0.717) is 17.1 Å². The van der Waals surface area contributed by atoms with Crippen LogP contribution in [0.1, 0.15) is 12.0 Å². The first-order valence-corrected chi connectivity index (χ1v) is 10.1. The van der Waals surface area contributed by atoms with E-state index in [9.17, 15) is 4.79 Å². The summed E-state index contributed by atoms with van der Waals surface area (Å²) in [5, 5.41) is 11.3. The molecule has 2 heterocycles. The van der Waals surface area contributed by atoms with Gasteiger partial charge < -0.3 is 9.88 Å². The summed E-state index contributed by atoms with van der Waals surface area (Å²) in [6.07, 6.45) is 2.94. The molecule has 0 atom stereocenters. The predicted octanol–water partition coefficient (Wildman–Crippen LogP) is 4.08. The van der Waals surface area contributed by atoms with Crippen molar-refractivity contribution in [2.24, 2.45) is 0 Å². The van der Waals surface area contributed by atoms with Crippen molar-refractivity contribution in [3.05, 3.63) is 71.1 Å². The maximum Gasteiger partial charge on any atom is 0.240 e. The van der Waals surface area contributed by atoms with Gasteiger partial charge in [-0.05, 0) is 49.1 Å². The molecule has 6 nitrogen and oxygen atoms in total. The molecule has 0 saturated heterocycles. The number of hydrogen-bond acceptors (Lipinski definition) is 3. The second-order valence-electron chi connectivity index (χ2n) is 7.08. The van der Waals surface area contributed by atoms with Gasteiger partial charge in [0.05, 0.1) is 0 Å². The summed E-state index contributed by atoms with van der Waals surface area (Å²) in [7, 11) is 0. The number of H-pyrrole nitrogens is 1. The van der Waals surface area contributed by atoms with Crippen molar-refractivity contribution < 1.29 is 4.79 Å². The Kier molecular flexibility index (Phi) is 5.57. The zero-order valence-electron chi connectivity index (χ0n) is 16.3. The number of aromatic amines is 1. The van der Waals surface area contributed by atoms with Crippen molar-refractivity contribution in [1.29, 1.82) is 0 Å². The fraction of sp³-hybridized carbons (Fsp3) is 0.227. The van der Waals surface area contributed by atoms with Gasteiger partial charge in [-0.3, -0.25) is 14.5 Å². The van der Waals surface area contributed by atoms with Crippen molar-refractivity contribution in [2.45, 2.75) is 26.4 Å². The number of fused-ring (bicyclic) bond motifs is 1. The van der Waals surface area contributed by atoms with Crippen LogP contribution in [0.15, 0.2) is 60.8 Å². The number of hydrogen-bond donors (Lipinski definition) is 2. The quantitative estimate of drug-likeness (QED) is 0.360. The van der Waals surface area contributed by atoms with Crippen LogP contribution in [0.3, 0.4) is 0 Å². The van der Waals surface area contributed by atoms with E-state index in [2.05, 4.69) is 44.5 Å². The molecule has 0 aliphatic heterocycles. The van der Waals surface area contributed by atoms with Gasteiger partial charge in [0, 0.05) is 30.4 Å². The van der Waals surface area contributed by atoms with E-state index in [0.717, 1.165) is 24.1 Å². The van der Waals surface area contributed by atoms with Gasteiger partial charge in [0.1, 0.15) is 6.54 Å². The van der Waals surface area contributed by atoms with Crippen LogP contribution in [0.5, 0.6) is 0 Å². The van der Waals surface area contributed by atoms with Gasteiger partial charge in [0.25, 0.3) is 0 Å². The normalized spacial score (nSPS) is 11.1. The average Bonchev–Trinajstić information content (AvgIpc) is 3.29. The molecule has 2 aromatic heterocycles. The Morgan fingerprint density at radius 1 is 1.17 bits per heavy atom. The minimum Gasteiger partial charge on any atom is -0.354 e. The number of rotatable bonds is 7. The molecule has 29 heavy (non-hydrogen) atoms. The molecule has 4 rings (SSSR count). The molecule has 0 aliphatic rings. The Bertz CT molecular complexity index is 1200. The Labute approximate surface area is 174 Å². The number of aromatic nitrogens is 4. The largest absolute Gasteiger partial charge is 0.354 e. The van der Waals surface area contributed by atoms with Gasteiger partial charge in [-0.1, -0.05) is 42.0 Å². The first-order valence-electron chi connectivity index (χ1n) is 9.64. The van der Waals surface area contributed by atoms with Gasteiger partial charge in [0.2, 0.25) is 5.91 Å². The highest BCUT2D eigenvalue weighted by molar-refractivity contribution is 7.71. The van der Waals surface area contributed by atoms with E-state index in [1.54, 1.807) is 4.57 Å². The Hall–Kier alpha value is -3.19. The van der Waals surface area contributed by atoms with E-state index in [4.69, 9.17) is 12.2 Å². The maximum atomic E-state index is 12.5. The fourth-order valence-electron chi connectivity index (χ4n) is 3.48. The molecular formula is C22H23N5OS. The minimum atomic E-state index is -0.0752. The standard InChI is InChI=1S/C22H23N5OS/c1-16-6-4-8-18(14-16)21-24-25-22(29)27(21)15-20(28)23-11-5-12-26-13-10-17-7-2-3-9-19(17)26/h2-4,6-10,13-14H,5,11-12,15H2,1H3,(H,23,28)(H,25,29). The summed E-state index contributed by atoms with van der Waals surface area (Å²) < 4.78 is 4.39. The van der Waals surface area contributed by atoms with Crippen LogP contribution >= 0.6 is 12.2 Å². The lowest BCUT2D eigenvalue weighted by Crippen LogP contribution is -2.29. The van der Waals surface area contributed by atoms with Crippen molar-refractivity contribution in [3.8, 4) is 11.4 Å².